The Morgan fingerprint density at radius 3 is 2.55 bits per heavy atom. The summed E-state index contributed by atoms with van der Waals surface area (Å²) in [7, 11) is 0. The van der Waals surface area contributed by atoms with E-state index in [0.29, 0.717) is 18.8 Å². The van der Waals surface area contributed by atoms with Gasteiger partial charge in [0.2, 0.25) is 0 Å². The third-order valence-corrected chi connectivity index (χ3v) is 5.08. The van der Waals surface area contributed by atoms with Crippen molar-refractivity contribution in [3.63, 3.8) is 0 Å². The van der Waals surface area contributed by atoms with Crippen LogP contribution in [0.15, 0.2) is 54.6 Å². The van der Waals surface area contributed by atoms with Gasteiger partial charge in [-0.3, -0.25) is 14.5 Å². The number of anilines is 1. The standard InChI is InChI=1S/C23H29N3O3/c1-2-18-9-11-20(12-10-18)25-23(28)22(27)24-13-6-14-26-15-16-29-21(17-26)19-7-4-3-5-8-19/h3-5,7-12,21H,2,6,13-17H2,1H3,(H,24,27)(H,25,28). The van der Waals surface area contributed by atoms with E-state index >= 15 is 0 Å². The van der Waals surface area contributed by atoms with E-state index in [0.717, 1.165) is 32.5 Å². The molecule has 1 aliphatic rings. The fourth-order valence-corrected chi connectivity index (χ4v) is 3.37. The van der Waals surface area contributed by atoms with Gasteiger partial charge in [-0.2, -0.15) is 0 Å². The summed E-state index contributed by atoms with van der Waals surface area (Å²) in [4.78, 5) is 26.4. The van der Waals surface area contributed by atoms with E-state index in [1.807, 2.05) is 42.5 Å². The van der Waals surface area contributed by atoms with E-state index in [1.165, 1.54) is 11.1 Å². The number of ether oxygens (including phenoxy) is 1. The Bertz CT molecular complexity index is 793. The highest BCUT2D eigenvalue weighted by Gasteiger charge is 2.21. The van der Waals surface area contributed by atoms with Gasteiger partial charge in [-0.1, -0.05) is 49.4 Å². The number of hydrogen-bond acceptors (Lipinski definition) is 4. The van der Waals surface area contributed by atoms with Gasteiger partial charge in [0, 0.05) is 31.9 Å². The van der Waals surface area contributed by atoms with Crippen molar-refractivity contribution in [3.8, 4) is 0 Å². The Morgan fingerprint density at radius 2 is 1.83 bits per heavy atom. The summed E-state index contributed by atoms with van der Waals surface area (Å²) in [6.07, 6.45) is 1.81. The Morgan fingerprint density at radius 1 is 1.07 bits per heavy atom. The van der Waals surface area contributed by atoms with Crippen molar-refractivity contribution in [2.75, 3.05) is 38.1 Å². The lowest BCUT2D eigenvalue weighted by atomic mass is 10.1. The van der Waals surface area contributed by atoms with Crippen LogP contribution < -0.4 is 10.6 Å². The lowest BCUT2D eigenvalue weighted by molar-refractivity contribution is -0.136. The van der Waals surface area contributed by atoms with E-state index in [-0.39, 0.29) is 6.10 Å². The first-order valence-corrected chi connectivity index (χ1v) is 10.2. The van der Waals surface area contributed by atoms with Crippen molar-refractivity contribution < 1.29 is 14.3 Å². The highest BCUT2D eigenvalue weighted by Crippen LogP contribution is 2.21. The maximum atomic E-state index is 12.0. The van der Waals surface area contributed by atoms with Gasteiger partial charge in [0.15, 0.2) is 0 Å². The second kappa shape index (κ2) is 10.7. The quantitative estimate of drug-likeness (QED) is 0.559. The molecule has 0 radical (unpaired) electrons. The zero-order valence-electron chi connectivity index (χ0n) is 16.9. The Kier molecular flexibility index (Phi) is 7.78. The fraction of sp³-hybridized carbons (Fsp3) is 0.391. The summed E-state index contributed by atoms with van der Waals surface area (Å²) in [5.41, 5.74) is 3.00. The van der Waals surface area contributed by atoms with Gasteiger partial charge in [0.25, 0.3) is 0 Å². The predicted octanol–water partition coefficient (Wildman–Crippen LogP) is 2.77. The monoisotopic (exact) mass is 395 g/mol. The van der Waals surface area contributed by atoms with Gasteiger partial charge in [0.05, 0.1) is 12.7 Å². The van der Waals surface area contributed by atoms with Crippen molar-refractivity contribution in [1.29, 1.82) is 0 Å². The smallest absolute Gasteiger partial charge is 0.313 e. The van der Waals surface area contributed by atoms with Crippen molar-refractivity contribution in [2.45, 2.75) is 25.9 Å². The summed E-state index contributed by atoms with van der Waals surface area (Å²) < 4.78 is 5.88. The van der Waals surface area contributed by atoms with Crippen LogP contribution >= 0.6 is 0 Å². The second-order valence-electron chi connectivity index (χ2n) is 7.18. The molecule has 6 heteroatoms. The molecule has 2 amide bonds. The molecule has 0 aliphatic carbocycles. The van der Waals surface area contributed by atoms with E-state index in [1.54, 1.807) is 0 Å². The zero-order chi connectivity index (χ0) is 20.5. The number of benzene rings is 2. The molecule has 0 bridgehead atoms. The minimum Gasteiger partial charge on any atom is -0.371 e. The molecule has 1 heterocycles. The molecular formula is C23H29N3O3. The van der Waals surface area contributed by atoms with Gasteiger partial charge in [-0.05, 0) is 36.1 Å². The lowest BCUT2D eigenvalue weighted by Crippen LogP contribution is -2.41. The highest BCUT2D eigenvalue weighted by molar-refractivity contribution is 6.39. The minimum atomic E-state index is -0.634. The van der Waals surface area contributed by atoms with Crippen LogP contribution in [0.5, 0.6) is 0 Å². The number of nitrogens with one attached hydrogen (secondary N) is 2. The minimum absolute atomic E-state index is 0.0874. The average Bonchev–Trinajstić information content (AvgIpc) is 2.78. The molecule has 2 N–H and O–H groups in total. The number of morpholine rings is 1. The lowest BCUT2D eigenvalue weighted by Gasteiger charge is -2.33. The van der Waals surface area contributed by atoms with E-state index in [2.05, 4.69) is 34.6 Å². The summed E-state index contributed by atoms with van der Waals surface area (Å²) in [6, 6.07) is 17.7. The molecular weight excluding hydrogens is 366 g/mol. The van der Waals surface area contributed by atoms with Crippen LogP contribution in [-0.4, -0.2) is 49.5 Å². The first-order valence-electron chi connectivity index (χ1n) is 10.2. The second-order valence-corrected chi connectivity index (χ2v) is 7.18. The number of aryl methyl sites for hydroxylation is 1. The Balaban J connectivity index is 1.36. The maximum absolute atomic E-state index is 12.0. The first-order chi connectivity index (χ1) is 14.2. The Hall–Kier alpha value is -2.70. The van der Waals surface area contributed by atoms with Gasteiger partial charge >= 0.3 is 11.8 Å². The molecule has 2 aromatic rings. The molecule has 1 aliphatic heterocycles. The molecule has 1 atom stereocenters. The van der Waals surface area contributed by atoms with Crippen LogP contribution in [0.25, 0.3) is 0 Å². The number of carbonyl (C=O) groups excluding carboxylic acids is 2. The van der Waals surface area contributed by atoms with Crippen LogP contribution in [0.2, 0.25) is 0 Å². The normalized spacial score (nSPS) is 16.9. The van der Waals surface area contributed by atoms with E-state index in [4.69, 9.17) is 4.74 Å². The molecule has 2 aromatic carbocycles. The topological polar surface area (TPSA) is 70.7 Å². The predicted molar refractivity (Wildman–Crippen MR) is 114 cm³/mol. The molecule has 0 saturated carbocycles. The first kappa shape index (κ1) is 21.0. The summed E-state index contributed by atoms with van der Waals surface area (Å²) in [5, 5.41) is 5.33. The zero-order valence-corrected chi connectivity index (χ0v) is 16.9. The van der Waals surface area contributed by atoms with Crippen LogP contribution in [-0.2, 0) is 20.7 Å². The molecule has 1 saturated heterocycles. The van der Waals surface area contributed by atoms with Crippen LogP contribution in [0.4, 0.5) is 5.69 Å². The third kappa shape index (κ3) is 6.41. The molecule has 0 spiro atoms. The van der Waals surface area contributed by atoms with Crippen LogP contribution in [0.3, 0.4) is 0 Å². The van der Waals surface area contributed by atoms with Gasteiger partial charge in [-0.15, -0.1) is 0 Å². The van der Waals surface area contributed by atoms with Crippen LogP contribution in [0.1, 0.15) is 30.6 Å². The molecule has 29 heavy (non-hydrogen) atoms. The molecule has 154 valence electrons. The van der Waals surface area contributed by atoms with Crippen LogP contribution in [0, 0.1) is 0 Å². The van der Waals surface area contributed by atoms with Crippen molar-refractivity contribution in [3.05, 3.63) is 65.7 Å². The van der Waals surface area contributed by atoms with Crippen molar-refractivity contribution >= 4 is 17.5 Å². The number of rotatable bonds is 7. The number of amides is 2. The number of carbonyl (C=O) groups is 2. The van der Waals surface area contributed by atoms with Crippen molar-refractivity contribution in [1.82, 2.24) is 10.2 Å². The van der Waals surface area contributed by atoms with E-state index in [9.17, 15) is 9.59 Å². The largest absolute Gasteiger partial charge is 0.371 e. The molecule has 1 fully saturated rings. The Labute approximate surface area is 172 Å². The summed E-state index contributed by atoms with van der Waals surface area (Å²) in [5.74, 6) is -1.24. The summed E-state index contributed by atoms with van der Waals surface area (Å²) in [6.45, 7) is 5.81. The molecule has 0 aromatic heterocycles. The number of hydrogen-bond donors (Lipinski definition) is 2. The molecule has 3 rings (SSSR count). The maximum Gasteiger partial charge on any atom is 0.313 e. The number of nitrogens with zero attached hydrogens (tertiary/aromatic N) is 1. The van der Waals surface area contributed by atoms with Gasteiger partial charge < -0.3 is 15.4 Å². The summed E-state index contributed by atoms with van der Waals surface area (Å²) >= 11 is 0. The van der Waals surface area contributed by atoms with Gasteiger partial charge in [-0.25, -0.2) is 0 Å². The average molecular weight is 396 g/mol. The van der Waals surface area contributed by atoms with Crippen molar-refractivity contribution in [2.24, 2.45) is 0 Å². The molecule has 6 nitrogen and oxygen atoms in total. The molecule has 1 unspecified atom stereocenters. The third-order valence-electron chi connectivity index (χ3n) is 5.08. The van der Waals surface area contributed by atoms with E-state index < -0.39 is 11.8 Å². The SMILES string of the molecule is CCc1ccc(NC(=O)C(=O)NCCCN2CCOC(c3ccccc3)C2)cc1. The van der Waals surface area contributed by atoms with Gasteiger partial charge in [0.1, 0.15) is 0 Å². The highest BCUT2D eigenvalue weighted by atomic mass is 16.5. The fourth-order valence-electron chi connectivity index (χ4n) is 3.37.